The summed E-state index contributed by atoms with van der Waals surface area (Å²) in [5, 5.41) is 12.0. The highest BCUT2D eigenvalue weighted by molar-refractivity contribution is 7.99. The van der Waals surface area contributed by atoms with Crippen molar-refractivity contribution in [3.8, 4) is 5.69 Å². The van der Waals surface area contributed by atoms with Crippen LogP contribution in [0.4, 0.5) is 11.4 Å². The number of aromatic nitrogens is 3. The van der Waals surface area contributed by atoms with Crippen LogP contribution in [0.25, 0.3) is 5.69 Å². The Bertz CT molecular complexity index is 1020. The van der Waals surface area contributed by atoms with Crippen LogP contribution in [0, 0.1) is 0 Å². The van der Waals surface area contributed by atoms with Gasteiger partial charge < -0.3 is 10.2 Å². The fraction of sp³-hybridized carbons (Fsp3) is 0.318. The van der Waals surface area contributed by atoms with Crippen molar-refractivity contribution in [2.24, 2.45) is 0 Å². The molecule has 150 valence electrons. The third kappa shape index (κ3) is 4.15. The van der Waals surface area contributed by atoms with E-state index < -0.39 is 0 Å². The number of likely N-dealkylation sites (N-methyl/N-ethyl adjacent to an activating group) is 1. The number of fused-ring (bicyclic) bond motifs is 1. The Morgan fingerprint density at radius 1 is 1.17 bits per heavy atom. The second kappa shape index (κ2) is 8.69. The number of para-hydroxylation sites is 1. The Morgan fingerprint density at radius 3 is 2.86 bits per heavy atom. The number of amides is 1. The Balaban J connectivity index is 1.42. The van der Waals surface area contributed by atoms with Gasteiger partial charge >= 0.3 is 0 Å². The molecule has 2 heterocycles. The van der Waals surface area contributed by atoms with Gasteiger partial charge in [-0.25, -0.2) is 0 Å². The molecule has 0 fully saturated rings. The minimum atomic E-state index is -0.0469. The van der Waals surface area contributed by atoms with E-state index in [-0.39, 0.29) is 11.7 Å². The van der Waals surface area contributed by atoms with Crippen molar-refractivity contribution in [2.45, 2.75) is 31.8 Å². The van der Waals surface area contributed by atoms with Gasteiger partial charge in [-0.1, -0.05) is 43.0 Å². The van der Waals surface area contributed by atoms with Gasteiger partial charge in [-0.3, -0.25) is 9.36 Å². The van der Waals surface area contributed by atoms with E-state index in [0.717, 1.165) is 37.3 Å². The van der Waals surface area contributed by atoms with Crippen LogP contribution in [-0.2, 0) is 17.6 Å². The van der Waals surface area contributed by atoms with Gasteiger partial charge in [0.05, 0.1) is 11.4 Å². The summed E-state index contributed by atoms with van der Waals surface area (Å²) in [5.74, 6) is 0.232. The first-order chi connectivity index (χ1) is 14.2. The summed E-state index contributed by atoms with van der Waals surface area (Å²) < 4.78 is 1.95. The third-order valence-corrected chi connectivity index (χ3v) is 6.17. The lowest BCUT2D eigenvalue weighted by atomic mass is 10.1. The van der Waals surface area contributed by atoms with Crippen LogP contribution >= 0.6 is 11.8 Å². The highest BCUT2D eigenvalue weighted by Crippen LogP contribution is 2.30. The highest BCUT2D eigenvalue weighted by Gasteiger charge is 2.18. The largest absolute Gasteiger partial charge is 0.371 e. The average molecular weight is 408 g/mol. The van der Waals surface area contributed by atoms with E-state index in [9.17, 15) is 4.79 Å². The number of rotatable bonds is 7. The normalized spacial score (nSPS) is 12.8. The van der Waals surface area contributed by atoms with E-state index >= 15 is 0 Å². The average Bonchev–Trinajstić information content (AvgIpc) is 3.38. The van der Waals surface area contributed by atoms with Gasteiger partial charge in [0.25, 0.3) is 0 Å². The molecule has 1 aliphatic rings. The summed E-state index contributed by atoms with van der Waals surface area (Å²) >= 11 is 1.39. The Labute approximate surface area is 175 Å². The van der Waals surface area contributed by atoms with Crippen LogP contribution < -0.4 is 10.2 Å². The van der Waals surface area contributed by atoms with E-state index in [4.69, 9.17) is 0 Å². The number of nitrogens with zero attached hydrogens (tertiary/aromatic N) is 4. The van der Waals surface area contributed by atoms with E-state index in [1.165, 1.54) is 28.6 Å². The molecule has 7 heteroatoms. The summed E-state index contributed by atoms with van der Waals surface area (Å²) in [6.07, 6.45) is 3.70. The molecule has 0 unspecified atom stereocenters. The molecule has 0 spiro atoms. The van der Waals surface area contributed by atoms with Crippen molar-refractivity contribution in [1.82, 2.24) is 14.8 Å². The number of hydrogen-bond donors (Lipinski definition) is 1. The number of thioether (sulfide) groups is 1. The van der Waals surface area contributed by atoms with Gasteiger partial charge in [-0.15, -0.1) is 10.2 Å². The summed E-state index contributed by atoms with van der Waals surface area (Å²) in [5.41, 5.74) is 5.70. The Morgan fingerprint density at radius 2 is 2.03 bits per heavy atom. The monoisotopic (exact) mass is 407 g/mol. The second-order valence-corrected chi connectivity index (χ2v) is 7.92. The molecule has 0 saturated heterocycles. The first-order valence-electron chi connectivity index (χ1n) is 9.98. The molecule has 6 nitrogen and oxygen atoms in total. The fourth-order valence-electron chi connectivity index (χ4n) is 3.71. The summed E-state index contributed by atoms with van der Waals surface area (Å²) in [6, 6.07) is 14.4. The van der Waals surface area contributed by atoms with Crippen molar-refractivity contribution in [3.05, 3.63) is 59.9 Å². The lowest BCUT2D eigenvalue weighted by Gasteiger charge is -2.17. The molecule has 2 aromatic carbocycles. The maximum Gasteiger partial charge on any atom is 0.234 e. The van der Waals surface area contributed by atoms with Gasteiger partial charge in [-0.2, -0.15) is 0 Å². The number of hydrogen-bond acceptors (Lipinski definition) is 5. The van der Waals surface area contributed by atoms with Crippen molar-refractivity contribution < 1.29 is 4.79 Å². The molecule has 0 aliphatic carbocycles. The maximum absolute atomic E-state index is 12.5. The van der Waals surface area contributed by atoms with Crippen LogP contribution in [-0.4, -0.2) is 39.5 Å². The summed E-state index contributed by atoms with van der Waals surface area (Å²) in [6.45, 7) is 6.31. The molecule has 0 saturated carbocycles. The fourth-order valence-corrected chi connectivity index (χ4v) is 4.43. The maximum atomic E-state index is 12.5. The van der Waals surface area contributed by atoms with Gasteiger partial charge in [0, 0.05) is 24.5 Å². The first-order valence-corrected chi connectivity index (χ1v) is 11.0. The van der Waals surface area contributed by atoms with Crippen molar-refractivity contribution in [2.75, 3.05) is 29.1 Å². The number of aryl methyl sites for hydroxylation is 1. The van der Waals surface area contributed by atoms with Gasteiger partial charge in [0.2, 0.25) is 5.91 Å². The van der Waals surface area contributed by atoms with E-state index in [1.54, 1.807) is 6.33 Å². The molecule has 1 N–H and O–H groups in total. The highest BCUT2D eigenvalue weighted by atomic mass is 32.2. The Hall–Kier alpha value is -2.80. The minimum absolute atomic E-state index is 0.0469. The van der Waals surface area contributed by atoms with Crippen LogP contribution in [0.1, 0.15) is 25.0 Å². The topological polar surface area (TPSA) is 63.1 Å². The van der Waals surface area contributed by atoms with Gasteiger partial charge in [0.15, 0.2) is 5.16 Å². The second-order valence-electron chi connectivity index (χ2n) is 6.98. The van der Waals surface area contributed by atoms with Crippen molar-refractivity contribution in [1.29, 1.82) is 0 Å². The van der Waals surface area contributed by atoms with E-state index in [1.807, 2.05) is 22.8 Å². The predicted octanol–water partition coefficient (Wildman–Crippen LogP) is 3.94. The van der Waals surface area contributed by atoms with Gasteiger partial charge in [0.1, 0.15) is 6.33 Å². The Kier molecular flexibility index (Phi) is 5.85. The van der Waals surface area contributed by atoms with Crippen molar-refractivity contribution >= 4 is 29.0 Å². The zero-order valence-corrected chi connectivity index (χ0v) is 17.6. The number of anilines is 2. The molecule has 29 heavy (non-hydrogen) atoms. The van der Waals surface area contributed by atoms with Crippen LogP contribution in [0.2, 0.25) is 0 Å². The summed E-state index contributed by atoms with van der Waals surface area (Å²) in [7, 11) is 0. The zero-order valence-electron chi connectivity index (χ0n) is 16.8. The summed E-state index contributed by atoms with van der Waals surface area (Å²) in [4.78, 5) is 14.9. The zero-order chi connectivity index (χ0) is 20.2. The number of benzene rings is 2. The number of nitrogens with one attached hydrogen (secondary N) is 1. The van der Waals surface area contributed by atoms with Crippen LogP contribution in [0.3, 0.4) is 0 Å². The molecule has 1 amide bonds. The quantitative estimate of drug-likeness (QED) is 0.601. The minimum Gasteiger partial charge on any atom is -0.371 e. The first kappa shape index (κ1) is 19.5. The van der Waals surface area contributed by atoms with Crippen molar-refractivity contribution in [3.63, 3.8) is 0 Å². The molecule has 1 aliphatic heterocycles. The molecular weight excluding hydrogens is 382 g/mol. The third-order valence-electron chi connectivity index (χ3n) is 5.22. The molecule has 3 aromatic rings. The van der Waals surface area contributed by atoms with E-state index in [2.05, 4.69) is 58.5 Å². The lowest BCUT2D eigenvalue weighted by Crippen LogP contribution is -2.19. The number of carbonyl (C=O) groups excluding carboxylic acids is 1. The predicted molar refractivity (Wildman–Crippen MR) is 118 cm³/mol. The molecule has 0 atom stereocenters. The van der Waals surface area contributed by atoms with Crippen LogP contribution in [0.15, 0.2) is 53.9 Å². The molecule has 0 bridgehead atoms. The molecule has 1 aromatic heterocycles. The standard InChI is InChI=1S/C22H25N5OS/c1-3-16-7-5-6-8-19(16)27-15-23-25-22(27)29-14-21(28)24-18-10-9-17-11-12-26(4-2)20(17)13-18/h5-10,13,15H,3-4,11-12,14H2,1-2H3,(H,24,28). The smallest absolute Gasteiger partial charge is 0.234 e. The molecule has 4 rings (SSSR count). The van der Waals surface area contributed by atoms with Crippen LogP contribution in [0.5, 0.6) is 0 Å². The SMILES string of the molecule is CCc1ccccc1-n1cnnc1SCC(=O)Nc1ccc2c(c1)N(CC)CC2. The van der Waals surface area contributed by atoms with Gasteiger partial charge in [-0.05, 0) is 49.1 Å². The lowest BCUT2D eigenvalue weighted by molar-refractivity contribution is -0.113. The van der Waals surface area contributed by atoms with E-state index in [0.29, 0.717) is 5.16 Å². The number of carbonyl (C=O) groups is 1. The molecular formula is C22H25N5OS. The molecule has 0 radical (unpaired) electrons.